The zero-order valence-electron chi connectivity index (χ0n) is 20.2. The number of anilines is 2. The lowest BCUT2D eigenvalue weighted by Gasteiger charge is -2.32. The minimum absolute atomic E-state index is 0.0385. The summed E-state index contributed by atoms with van der Waals surface area (Å²) in [4.78, 5) is 27.5. The summed E-state index contributed by atoms with van der Waals surface area (Å²) in [6.45, 7) is 4.98. The molecule has 0 aromatic heterocycles. The van der Waals surface area contributed by atoms with E-state index in [2.05, 4.69) is 16.0 Å². The highest BCUT2D eigenvalue weighted by atomic mass is 16.7. The fourth-order valence-corrected chi connectivity index (χ4v) is 4.22. The molecule has 0 unspecified atom stereocenters. The first kappa shape index (κ1) is 24.6. The second-order valence-electron chi connectivity index (χ2n) is 8.92. The van der Waals surface area contributed by atoms with Crippen LogP contribution in [0.2, 0.25) is 0 Å². The van der Waals surface area contributed by atoms with Crippen LogP contribution in [0.25, 0.3) is 0 Å². The minimum atomic E-state index is -0.434. The number of nitrogens with one attached hydrogen (secondary N) is 3. The van der Waals surface area contributed by atoms with E-state index < -0.39 is 6.03 Å². The quantitative estimate of drug-likeness (QED) is 0.497. The van der Waals surface area contributed by atoms with Crippen molar-refractivity contribution in [3.05, 3.63) is 42.0 Å². The Morgan fingerprint density at radius 2 is 1.80 bits per heavy atom. The van der Waals surface area contributed by atoms with Gasteiger partial charge in [-0.25, -0.2) is 4.79 Å². The van der Waals surface area contributed by atoms with E-state index in [1.807, 2.05) is 20.9 Å². The van der Waals surface area contributed by atoms with Gasteiger partial charge in [-0.3, -0.25) is 4.79 Å². The Balaban J connectivity index is 1.53. The number of aliphatic hydroxyl groups is 1. The zero-order chi connectivity index (χ0) is 24.9. The molecule has 0 aliphatic carbocycles. The maximum atomic E-state index is 13.2. The summed E-state index contributed by atoms with van der Waals surface area (Å²) in [6, 6.07) is 9.68. The molecule has 2 heterocycles. The van der Waals surface area contributed by atoms with Crippen molar-refractivity contribution in [3.8, 4) is 17.2 Å². The number of benzene rings is 2. The number of rotatable bonds is 6. The first-order valence-corrected chi connectivity index (χ1v) is 11.7. The molecule has 4 rings (SSSR count). The molecule has 2 aromatic carbocycles. The highest BCUT2D eigenvalue weighted by Gasteiger charge is 2.30. The molecule has 10 nitrogen and oxygen atoms in total. The third-order valence-electron chi connectivity index (χ3n) is 6.21. The largest absolute Gasteiger partial charge is 0.488 e. The molecular weight excluding hydrogens is 452 g/mol. The summed E-state index contributed by atoms with van der Waals surface area (Å²) < 4.78 is 17.0. The molecule has 188 valence electrons. The van der Waals surface area contributed by atoms with Crippen LogP contribution in [0.4, 0.5) is 16.2 Å². The first-order valence-electron chi connectivity index (χ1n) is 11.7. The van der Waals surface area contributed by atoms with Crippen molar-refractivity contribution in [3.63, 3.8) is 0 Å². The van der Waals surface area contributed by atoms with E-state index in [-0.39, 0.29) is 43.8 Å². The molecule has 0 saturated carbocycles. The Labute approximate surface area is 204 Å². The van der Waals surface area contributed by atoms with E-state index in [1.54, 1.807) is 41.3 Å². The van der Waals surface area contributed by atoms with Crippen molar-refractivity contribution in [2.75, 3.05) is 44.2 Å². The molecular formula is C25H32N4O6. The average molecular weight is 485 g/mol. The van der Waals surface area contributed by atoms with E-state index in [1.165, 1.54) is 0 Å². The summed E-state index contributed by atoms with van der Waals surface area (Å²) in [5.41, 5.74) is 1.75. The van der Waals surface area contributed by atoms with Gasteiger partial charge in [0.15, 0.2) is 11.5 Å². The molecule has 35 heavy (non-hydrogen) atoms. The van der Waals surface area contributed by atoms with Crippen LogP contribution in [0.15, 0.2) is 36.4 Å². The van der Waals surface area contributed by atoms with Crippen LogP contribution in [0.3, 0.4) is 0 Å². The minimum Gasteiger partial charge on any atom is -0.488 e. The van der Waals surface area contributed by atoms with E-state index >= 15 is 0 Å². The molecule has 0 bridgehead atoms. The van der Waals surface area contributed by atoms with Crippen LogP contribution in [0, 0.1) is 5.92 Å². The van der Waals surface area contributed by atoms with Gasteiger partial charge in [0.05, 0.1) is 19.1 Å². The van der Waals surface area contributed by atoms with Gasteiger partial charge in [-0.1, -0.05) is 6.92 Å². The lowest BCUT2D eigenvalue weighted by Crippen LogP contribution is -2.47. The van der Waals surface area contributed by atoms with E-state index in [9.17, 15) is 14.7 Å². The van der Waals surface area contributed by atoms with Gasteiger partial charge in [0.2, 0.25) is 12.7 Å². The van der Waals surface area contributed by atoms with Gasteiger partial charge < -0.3 is 40.2 Å². The number of carbonyl (C=O) groups is 2. The predicted molar refractivity (Wildman–Crippen MR) is 131 cm³/mol. The predicted octanol–water partition coefficient (Wildman–Crippen LogP) is 2.43. The summed E-state index contributed by atoms with van der Waals surface area (Å²) >= 11 is 0. The number of likely N-dealkylation sites (N-methyl/N-ethyl adjacent to an activating group) is 1. The summed E-state index contributed by atoms with van der Waals surface area (Å²) in [6.07, 6.45) is -0.0796. The SMILES string of the molecule is CNC[C@H]1Oc2ccc(NC(=O)Nc3ccc4c(c3)OCO4)cc2CC(=O)N([C@@H](C)CO)C[C@H]1C. The number of fused-ring (bicyclic) bond motifs is 2. The van der Waals surface area contributed by atoms with Crippen molar-refractivity contribution in [2.24, 2.45) is 5.92 Å². The fourth-order valence-electron chi connectivity index (χ4n) is 4.22. The van der Waals surface area contributed by atoms with Crippen LogP contribution < -0.4 is 30.2 Å². The molecule has 2 aliphatic heterocycles. The van der Waals surface area contributed by atoms with Crippen LogP contribution in [-0.4, -0.2) is 67.6 Å². The van der Waals surface area contributed by atoms with Crippen molar-refractivity contribution < 1.29 is 28.9 Å². The Morgan fingerprint density at radius 1 is 1.11 bits per heavy atom. The Kier molecular flexibility index (Phi) is 7.62. The van der Waals surface area contributed by atoms with Gasteiger partial charge in [0, 0.05) is 42.0 Å². The van der Waals surface area contributed by atoms with Gasteiger partial charge in [-0.05, 0) is 44.3 Å². The summed E-state index contributed by atoms with van der Waals surface area (Å²) in [5, 5.41) is 18.4. The van der Waals surface area contributed by atoms with Crippen LogP contribution in [0.1, 0.15) is 19.4 Å². The van der Waals surface area contributed by atoms with E-state index in [4.69, 9.17) is 14.2 Å². The maximum Gasteiger partial charge on any atom is 0.323 e. The number of urea groups is 1. The third kappa shape index (κ3) is 5.77. The van der Waals surface area contributed by atoms with Gasteiger partial charge >= 0.3 is 6.03 Å². The van der Waals surface area contributed by atoms with E-state index in [0.717, 1.165) is 0 Å². The monoisotopic (exact) mass is 484 g/mol. The lowest BCUT2D eigenvalue weighted by molar-refractivity contribution is -0.134. The molecule has 10 heteroatoms. The van der Waals surface area contributed by atoms with Gasteiger partial charge in [-0.15, -0.1) is 0 Å². The van der Waals surface area contributed by atoms with Crippen LogP contribution in [0.5, 0.6) is 17.2 Å². The standard InChI is InChI=1S/C25H32N4O6/c1-15-12-29(16(2)13-30)24(31)9-17-8-18(4-6-20(17)35-23(15)11-26-3)27-25(32)28-19-5-7-21-22(10-19)34-14-33-21/h4-8,10,15-16,23,26,30H,9,11-14H2,1-3H3,(H2,27,28,32)/t15-,16+,23-/m1/s1. The van der Waals surface area contributed by atoms with Crippen molar-refractivity contribution in [1.29, 1.82) is 0 Å². The maximum absolute atomic E-state index is 13.2. The van der Waals surface area contributed by atoms with Gasteiger partial charge in [0.25, 0.3) is 0 Å². The average Bonchev–Trinajstić information content (AvgIpc) is 3.31. The Bertz CT molecular complexity index is 1080. The zero-order valence-corrected chi connectivity index (χ0v) is 20.2. The summed E-state index contributed by atoms with van der Waals surface area (Å²) in [5.74, 6) is 1.74. The second kappa shape index (κ2) is 10.8. The number of hydrogen-bond donors (Lipinski definition) is 4. The highest BCUT2D eigenvalue weighted by molar-refractivity contribution is 6.00. The van der Waals surface area contributed by atoms with Crippen molar-refractivity contribution in [1.82, 2.24) is 10.2 Å². The molecule has 2 aromatic rings. The van der Waals surface area contributed by atoms with E-state index in [0.29, 0.717) is 47.3 Å². The fraction of sp³-hybridized carbons (Fsp3) is 0.440. The van der Waals surface area contributed by atoms with Crippen LogP contribution in [-0.2, 0) is 11.2 Å². The number of nitrogens with zero attached hydrogens (tertiary/aromatic N) is 1. The third-order valence-corrected chi connectivity index (χ3v) is 6.21. The molecule has 0 fully saturated rings. The number of aliphatic hydroxyl groups excluding tert-OH is 1. The van der Waals surface area contributed by atoms with Crippen molar-refractivity contribution in [2.45, 2.75) is 32.4 Å². The van der Waals surface area contributed by atoms with Crippen molar-refractivity contribution >= 4 is 23.3 Å². The smallest absolute Gasteiger partial charge is 0.323 e. The molecule has 4 N–H and O–H groups in total. The second-order valence-corrected chi connectivity index (χ2v) is 8.92. The van der Waals surface area contributed by atoms with Gasteiger partial charge in [-0.2, -0.15) is 0 Å². The topological polar surface area (TPSA) is 121 Å². The Hall–Kier alpha value is -3.50. The first-order chi connectivity index (χ1) is 16.9. The number of amides is 3. The highest BCUT2D eigenvalue weighted by Crippen LogP contribution is 2.34. The molecule has 0 saturated heterocycles. The Morgan fingerprint density at radius 3 is 2.51 bits per heavy atom. The molecule has 0 spiro atoms. The normalized spacial score (nSPS) is 20.1. The van der Waals surface area contributed by atoms with Gasteiger partial charge in [0.1, 0.15) is 11.9 Å². The lowest BCUT2D eigenvalue weighted by atomic mass is 10.0. The molecule has 2 aliphatic rings. The summed E-state index contributed by atoms with van der Waals surface area (Å²) in [7, 11) is 1.86. The molecule has 3 amide bonds. The number of carbonyl (C=O) groups excluding carboxylic acids is 2. The number of hydrogen-bond acceptors (Lipinski definition) is 7. The number of ether oxygens (including phenoxy) is 3. The molecule has 3 atom stereocenters. The van der Waals surface area contributed by atoms with Crippen LogP contribution >= 0.6 is 0 Å². The molecule has 0 radical (unpaired) electrons.